The molecule has 138 valence electrons. The zero-order valence-electron chi connectivity index (χ0n) is 16.2. The average Bonchev–Trinajstić information content (AvgIpc) is 2.60. The van der Waals surface area contributed by atoms with Gasteiger partial charge < -0.3 is 13.9 Å². The molecule has 0 fully saturated rings. The van der Waals surface area contributed by atoms with Gasteiger partial charge in [0.15, 0.2) is 0 Å². The first-order chi connectivity index (χ1) is 12.9. The van der Waals surface area contributed by atoms with Gasteiger partial charge >= 0.3 is 37.4 Å². The van der Waals surface area contributed by atoms with E-state index in [4.69, 9.17) is 9.05 Å². The molecule has 0 aromatic heterocycles. The van der Waals surface area contributed by atoms with Crippen molar-refractivity contribution in [2.45, 2.75) is 13.8 Å². The molecule has 0 bridgehead atoms. The molecular formula is C22H20NaO4P. The Hall–Kier alpha value is -1.81. The van der Waals surface area contributed by atoms with Crippen LogP contribution in [0.5, 0.6) is 11.5 Å². The second-order valence-electron chi connectivity index (χ2n) is 6.27. The van der Waals surface area contributed by atoms with Crippen molar-refractivity contribution in [2.75, 3.05) is 0 Å². The third-order valence-electron chi connectivity index (χ3n) is 3.78. The van der Waals surface area contributed by atoms with Crippen molar-refractivity contribution in [3.8, 4) is 11.5 Å². The van der Waals surface area contributed by atoms with E-state index in [1.54, 1.807) is 36.4 Å². The van der Waals surface area contributed by atoms with Gasteiger partial charge in [0, 0.05) is 0 Å². The van der Waals surface area contributed by atoms with Gasteiger partial charge in [-0.1, -0.05) is 60.7 Å². The zero-order chi connectivity index (χ0) is 19.3. The maximum atomic E-state index is 12.2. The summed E-state index contributed by atoms with van der Waals surface area (Å²) in [7, 11) is -4.52. The summed E-state index contributed by atoms with van der Waals surface area (Å²) >= 11 is 0. The van der Waals surface area contributed by atoms with Crippen LogP contribution in [-0.4, -0.2) is 0 Å². The zero-order valence-corrected chi connectivity index (χ0v) is 19.1. The molecule has 0 saturated carbocycles. The van der Waals surface area contributed by atoms with Crippen LogP contribution in [0.15, 0.2) is 72.8 Å². The van der Waals surface area contributed by atoms with Crippen molar-refractivity contribution in [3.05, 3.63) is 95.1 Å². The molecule has 0 aliphatic heterocycles. The van der Waals surface area contributed by atoms with Crippen LogP contribution in [0.25, 0.3) is 12.2 Å². The second kappa shape index (κ2) is 10.1. The maximum Gasteiger partial charge on any atom is 1.00 e. The van der Waals surface area contributed by atoms with Crippen molar-refractivity contribution >= 4 is 20.0 Å². The molecule has 0 amide bonds. The minimum absolute atomic E-state index is 0. The van der Waals surface area contributed by atoms with Crippen molar-refractivity contribution in [3.63, 3.8) is 0 Å². The van der Waals surface area contributed by atoms with Crippen LogP contribution in [0.4, 0.5) is 0 Å². The fraction of sp³-hybridized carbons (Fsp3) is 0.0909. The molecule has 0 aliphatic rings. The maximum absolute atomic E-state index is 12.2. The normalized spacial score (nSPS) is 12.8. The topological polar surface area (TPSA) is 58.6 Å². The van der Waals surface area contributed by atoms with Gasteiger partial charge in [-0.25, -0.2) is 4.57 Å². The summed E-state index contributed by atoms with van der Waals surface area (Å²) in [6, 6.07) is 21.9. The monoisotopic (exact) mass is 402 g/mol. The fourth-order valence-electron chi connectivity index (χ4n) is 2.66. The summed E-state index contributed by atoms with van der Waals surface area (Å²) < 4.78 is 22.3. The first kappa shape index (κ1) is 22.5. The predicted molar refractivity (Wildman–Crippen MR) is 107 cm³/mol. The number of rotatable bonds is 6. The number of hydrogen-bond acceptors (Lipinski definition) is 4. The summed E-state index contributed by atoms with van der Waals surface area (Å²) in [4.78, 5) is 12.2. The average molecular weight is 402 g/mol. The van der Waals surface area contributed by atoms with Crippen LogP contribution >= 0.6 is 7.82 Å². The van der Waals surface area contributed by atoms with E-state index in [0.717, 1.165) is 22.3 Å². The van der Waals surface area contributed by atoms with E-state index >= 15 is 0 Å². The molecule has 28 heavy (non-hydrogen) atoms. The van der Waals surface area contributed by atoms with E-state index in [0.29, 0.717) is 0 Å². The third-order valence-corrected chi connectivity index (χ3v) is 4.65. The Morgan fingerprint density at radius 2 is 1.25 bits per heavy atom. The van der Waals surface area contributed by atoms with Crippen LogP contribution in [0.2, 0.25) is 0 Å². The molecule has 0 saturated heterocycles. The molecule has 0 aliphatic carbocycles. The summed E-state index contributed by atoms with van der Waals surface area (Å²) in [6.07, 6.45) is 3.93. The SMILES string of the molecule is Cc1cc(C)cc(OP(=O)([O-])Oc2ccc(/C=C/c3ccccc3)cc2)c1.[Na+]. The van der Waals surface area contributed by atoms with Crippen LogP contribution in [0.3, 0.4) is 0 Å². The van der Waals surface area contributed by atoms with E-state index in [9.17, 15) is 9.46 Å². The van der Waals surface area contributed by atoms with Gasteiger partial charge in [-0.3, -0.25) is 0 Å². The van der Waals surface area contributed by atoms with E-state index in [1.807, 2.05) is 62.4 Å². The molecule has 0 N–H and O–H groups in total. The summed E-state index contributed by atoms with van der Waals surface area (Å²) in [5.74, 6) is 0.447. The summed E-state index contributed by atoms with van der Waals surface area (Å²) in [6.45, 7) is 3.75. The van der Waals surface area contributed by atoms with Crippen molar-refractivity contribution in [2.24, 2.45) is 0 Å². The molecule has 3 aromatic carbocycles. The molecule has 1 atom stereocenters. The smallest absolute Gasteiger partial charge is 0.736 e. The molecule has 6 heteroatoms. The molecule has 0 radical (unpaired) electrons. The number of aryl methyl sites for hydroxylation is 2. The van der Waals surface area contributed by atoms with Gasteiger partial charge in [-0.05, 0) is 60.4 Å². The number of benzene rings is 3. The van der Waals surface area contributed by atoms with E-state index < -0.39 is 7.82 Å². The van der Waals surface area contributed by atoms with Gasteiger partial charge in [0.2, 0.25) is 0 Å². The molecule has 0 spiro atoms. The first-order valence-electron chi connectivity index (χ1n) is 8.51. The molecule has 0 heterocycles. The Kier molecular flexibility index (Phi) is 8.11. The molecular weight excluding hydrogens is 382 g/mol. The quantitative estimate of drug-likeness (QED) is 0.361. The van der Waals surface area contributed by atoms with Crippen molar-refractivity contribution in [1.29, 1.82) is 0 Å². The minimum atomic E-state index is -4.52. The minimum Gasteiger partial charge on any atom is -0.736 e. The largest absolute Gasteiger partial charge is 1.00 e. The fourth-order valence-corrected chi connectivity index (χ4v) is 3.44. The van der Waals surface area contributed by atoms with E-state index in [1.165, 1.54) is 0 Å². The first-order valence-corrected chi connectivity index (χ1v) is 9.97. The van der Waals surface area contributed by atoms with Gasteiger partial charge in [-0.15, -0.1) is 0 Å². The van der Waals surface area contributed by atoms with Crippen molar-refractivity contribution in [1.82, 2.24) is 0 Å². The van der Waals surface area contributed by atoms with Crippen LogP contribution in [0.1, 0.15) is 22.3 Å². The second-order valence-corrected chi connectivity index (χ2v) is 7.53. The van der Waals surface area contributed by atoms with Crippen LogP contribution < -0.4 is 43.5 Å². The van der Waals surface area contributed by atoms with Gasteiger partial charge in [0.05, 0.1) is 0 Å². The van der Waals surface area contributed by atoms with E-state index in [-0.39, 0.29) is 41.1 Å². The number of phosphoric ester groups is 1. The molecule has 4 nitrogen and oxygen atoms in total. The standard InChI is InChI=1S/C22H21O4P.Na/c1-17-14-18(2)16-22(15-17)26-27(23,24)25-21-12-10-20(11-13-21)9-8-19-6-4-3-5-7-19;/h3-16H,1-2H3,(H,23,24);/q;+1/p-1/b9-8+;. The summed E-state index contributed by atoms with van der Waals surface area (Å²) in [5, 5.41) is 0. The van der Waals surface area contributed by atoms with Crippen LogP contribution in [0, 0.1) is 13.8 Å². The van der Waals surface area contributed by atoms with E-state index in [2.05, 4.69) is 0 Å². The predicted octanol–water partition coefficient (Wildman–Crippen LogP) is 2.40. The van der Waals surface area contributed by atoms with Crippen LogP contribution in [-0.2, 0) is 4.57 Å². The van der Waals surface area contributed by atoms with Gasteiger partial charge in [0.25, 0.3) is 0 Å². The van der Waals surface area contributed by atoms with Crippen molar-refractivity contribution < 1.29 is 48.1 Å². The molecule has 1 unspecified atom stereocenters. The molecule has 3 aromatic rings. The number of hydrogen-bond donors (Lipinski definition) is 0. The number of phosphoric acid groups is 1. The van der Waals surface area contributed by atoms with Gasteiger partial charge in [-0.2, -0.15) is 0 Å². The Morgan fingerprint density at radius 1 is 0.750 bits per heavy atom. The Morgan fingerprint density at radius 3 is 1.82 bits per heavy atom. The molecule has 3 rings (SSSR count). The Bertz CT molecular complexity index is 965. The Balaban J connectivity index is 0.00000280. The summed E-state index contributed by atoms with van der Waals surface area (Å²) in [5.41, 5.74) is 3.85. The van der Waals surface area contributed by atoms with Gasteiger partial charge in [0.1, 0.15) is 11.5 Å². The third kappa shape index (κ3) is 6.97. The Labute approximate surface area is 187 Å².